The zero-order valence-corrected chi connectivity index (χ0v) is 16.8. The molecule has 0 aliphatic carbocycles. The predicted molar refractivity (Wildman–Crippen MR) is 103 cm³/mol. The van der Waals surface area contributed by atoms with Gasteiger partial charge in [-0.2, -0.15) is 0 Å². The predicted octanol–water partition coefficient (Wildman–Crippen LogP) is 1.78. The number of rotatable bonds is 4. The highest BCUT2D eigenvalue weighted by Gasteiger charge is 2.46. The number of amides is 2. The number of aliphatic hydroxyl groups is 2. The molecule has 3 heterocycles. The lowest BCUT2D eigenvalue weighted by Crippen LogP contribution is -2.57. The lowest BCUT2D eigenvalue weighted by molar-refractivity contribution is -0.136. The first kappa shape index (κ1) is 22.1. The number of hydrogen-bond donors (Lipinski definition) is 3. The second kappa shape index (κ2) is 8.45. The standard InChI is InChI=1S/C21H21F4N3O4/c22-6-11-2-1-3-12-8-28(11)21(32)17-19(30)18(29)14(9-27(12)17)20(31)26-7-13-15(24)4-10(23)5-16(13)25/h4-5,9,11-12,18,29-30H,1-3,6-8H2,(H,26,31)/t11-,12+,18?/m1/s1. The molecule has 172 valence electrons. The van der Waals surface area contributed by atoms with Gasteiger partial charge in [0.05, 0.1) is 17.7 Å². The van der Waals surface area contributed by atoms with Gasteiger partial charge in [0.2, 0.25) is 0 Å². The van der Waals surface area contributed by atoms with Gasteiger partial charge in [-0.15, -0.1) is 0 Å². The molecule has 11 heteroatoms. The van der Waals surface area contributed by atoms with Crippen LogP contribution in [-0.2, 0) is 16.1 Å². The number of halogens is 4. The zero-order valence-electron chi connectivity index (χ0n) is 16.8. The van der Waals surface area contributed by atoms with Crippen LogP contribution in [-0.4, -0.2) is 63.2 Å². The summed E-state index contributed by atoms with van der Waals surface area (Å²) in [6.45, 7) is -1.17. The number of alkyl halides is 1. The van der Waals surface area contributed by atoms with Crippen molar-refractivity contribution in [3.05, 3.63) is 58.4 Å². The van der Waals surface area contributed by atoms with Crippen molar-refractivity contribution in [2.75, 3.05) is 13.2 Å². The maximum absolute atomic E-state index is 13.8. The number of carbonyl (C=O) groups is 2. The summed E-state index contributed by atoms with van der Waals surface area (Å²) in [4.78, 5) is 28.3. The number of benzene rings is 1. The lowest BCUT2D eigenvalue weighted by atomic mass is 9.97. The van der Waals surface area contributed by atoms with Gasteiger partial charge in [0, 0.05) is 37.0 Å². The smallest absolute Gasteiger partial charge is 0.274 e. The third kappa shape index (κ3) is 3.70. The molecule has 3 atom stereocenters. The molecule has 2 fully saturated rings. The Bertz CT molecular complexity index is 1010. The molecule has 3 aliphatic heterocycles. The van der Waals surface area contributed by atoms with Crippen molar-refractivity contribution in [3.63, 3.8) is 0 Å². The Morgan fingerprint density at radius 3 is 2.53 bits per heavy atom. The summed E-state index contributed by atoms with van der Waals surface area (Å²) in [5, 5.41) is 23.2. The Balaban J connectivity index is 1.58. The minimum absolute atomic E-state index is 0.192. The summed E-state index contributed by atoms with van der Waals surface area (Å²) in [7, 11) is 0. The van der Waals surface area contributed by atoms with Crippen LogP contribution in [0.3, 0.4) is 0 Å². The van der Waals surface area contributed by atoms with E-state index >= 15 is 0 Å². The summed E-state index contributed by atoms with van der Waals surface area (Å²) in [5.74, 6) is -5.81. The zero-order chi connectivity index (χ0) is 23.2. The molecule has 1 aromatic carbocycles. The average molecular weight is 455 g/mol. The first-order valence-corrected chi connectivity index (χ1v) is 10.1. The number of fused-ring (bicyclic) bond motifs is 4. The van der Waals surface area contributed by atoms with Crippen molar-refractivity contribution in [2.45, 2.75) is 44.0 Å². The molecule has 2 bridgehead atoms. The summed E-state index contributed by atoms with van der Waals surface area (Å²) in [6.07, 6.45) is 0.995. The highest BCUT2D eigenvalue weighted by molar-refractivity contribution is 5.99. The van der Waals surface area contributed by atoms with Crippen LogP contribution >= 0.6 is 0 Å². The van der Waals surface area contributed by atoms with E-state index in [-0.39, 0.29) is 23.9 Å². The first-order chi connectivity index (χ1) is 15.2. The Hall–Kier alpha value is -3.08. The molecule has 1 aromatic rings. The van der Waals surface area contributed by atoms with Crippen molar-refractivity contribution in [1.82, 2.24) is 15.1 Å². The van der Waals surface area contributed by atoms with Gasteiger partial charge in [-0.1, -0.05) is 0 Å². The molecule has 3 N–H and O–H groups in total. The molecule has 2 amide bonds. The molecule has 0 radical (unpaired) electrons. The van der Waals surface area contributed by atoms with E-state index < -0.39 is 66.0 Å². The molecule has 1 unspecified atom stereocenters. The Morgan fingerprint density at radius 1 is 1.19 bits per heavy atom. The van der Waals surface area contributed by atoms with Crippen molar-refractivity contribution in [3.8, 4) is 0 Å². The quantitative estimate of drug-likeness (QED) is 0.602. The van der Waals surface area contributed by atoms with Crippen LogP contribution in [0.4, 0.5) is 17.6 Å². The minimum atomic E-state index is -1.86. The molecule has 0 aromatic heterocycles. The Morgan fingerprint density at radius 2 is 1.88 bits per heavy atom. The van der Waals surface area contributed by atoms with Crippen molar-refractivity contribution in [2.24, 2.45) is 0 Å². The summed E-state index contributed by atoms with van der Waals surface area (Å²) >= 11 is 0. The second-order valence-corrected chi connectivity index (χ2v) is 8.01. The van der Waals surface area contributed by atoms with Crippen LogP contribution < -0.4 is 5.32 Å². The van der Waals surface area contributed by atoms with E-state index in [1.807, 2.05) is 0 Å². The number of hydrogen-bond acceptors (Lipinski definition) is 5. The van der Waals surface area contributed by atoms with E-state index in [0.717, 1.165) is 0 Å². The minimum Gasteiger partial charge on any atom is -0.507 e. The van der Waals surface area contributed by atoms with Crippen LogP contribution in [0, 0.1) is 17.5 Å². The van der Waals surface area contributed by atoms with Gasteiger partial charge in [-0.25, -0.2) is 17.6 Å². The number of aliphatic hydroxyl groups excluding tert-OH is 2. The SMILES string of the molecule is O=C(NCc1c(F)cc(F)cc1F)C1=CN2C(=C(O)C1O)C(=O)N1C[C@@H]2CCC[C@@H]1CF. The number of carbonyl (C=O) groups excluding carboxylic acids is 2. The third-order valence-corrected chi connectivity index (χ3v) is 6.08. The van der Waals surface area contributed by atoms with Gasteiger partial charge >= 0.3 is 0 Å². The lowest BCUT2D eigenvalue weighted by Gasteiger charge is -2.44. The molecular formula is C21H21F4N3O4. The summed E-state index contributed by atoms with van der Waals surface area (Å²) < 4.78 is 54.1. The molecule has 0 spiro atoms. The van der Waals surface area contributed by atoms with E-state index in [2.05, 4.69) is 5.32 Å². The average Bonchev–Trinajstić information content (AvgIpc) is 2.93. The van der Waals surface area contributed by atoms with Crippen LogP contribution in [0.15, 0.2) is 35.4 Å². The van der Waals surface area contributed by atoms with Gasteiger partial charge < -0.3 is 25.3 Å². The highest BCUT2D eigenvalue weighted by Crippen LogP contribution is 2.36. The maximum Gasteiger partial charge on any atom is 0.274 e. The van der Waals surface area contributed by atoms with Gasteiger partial charge in [-0.3, -0.25) is 9.59 Å². The fraction of sp³-hybridized carbons (Fsp3) is 0.429. The van der Waals surface area contributed by atoms with E-state index in [1.54, 1.807) is 0 Å². The Kier molecular flexibility index (Phi) is 5.85. The molecule has 3 aliphatic rings. The largest absolute Gasteiger partial charge is 0.507 e. The topological polar surface area (TPSA) is 93.1 Å². The van der Waals surface area contributed by atoms with Crippen molar-refractivity contribution < 1.29 is 37.4 Å². The molecule has 2 saturated heterocycles. The monoisotopic (exact) mass is 455 g/mol. The van der Waals surface area contributed by atoms with Crippen molar-refractivity contribution in [1.29, 1.82) is 0 Å². The van der Waals surface area contributed by atoms with Gasteiger partial charge in [0.15, 0.2) is 5.76 Å². The van der Waals surface area contributed by atoms with Crippen LogP contribution in [0.2, 0.25) is 0 Å². The van der Waals surface area contributed by atoms with Crippen LogP contribution in [0.1, 0.15) is 24.8 Å². The molecule has 0 saturated carbocycles. The van der Waals surface area contributed by atoms with Crippen molar-refractivity contribution >= 4 is 11.8 Å². The van der Waals surface area contributed by atoms with E-state index in [9.17, 15) is 37.4 Å². The maximum atomic E-state index is 13.8. The van der Waals surface area contributed by atoms with E-state index in [0.29, 0.717) is 31.4 Å². The van der Waals surface area contributed by atoms with Gasteiger partial charge in [0.25, 0.3) is 11.8 Å². The normalized spacial score (nSPS) is 25.3. The van der Waals surface area contributed by atoms with Gasteiger partial charge in [0.1, 0.15) is 35.9 Å². The summed E-state index contributed by atoms with van der Waals surface area (Å²) in [5.41, 5.74) is -1.13. The number of piperazine rings is 1. The molecule has 4 rings (SSSR count). The molecule has 32 heavy (non-hydrogen) atoms. The first-order valence-electron chi connectivity index (χ1n) is 10.1. The van der Waals surface area contributed by atoms with Crippen LogP contribution in [0.25, 0.3) is 0 Å². The fourth-order valence-corrected chi connectivity index (χ4v) is 4.38. The second-order valence-electron chi connectivity index (χ2n) is 8.01. The highest BCUT2D eigenvalue weighted by atomic mass is 19.1. The summed E-state index contributed by atoms with van der Waals surface area (Å²) in [6, 6.07) is -0.0193. The third-order valence-electron chi connectivity index (χ3n) is 6.08. The number of nitrogens with zero attached hydrogens (tertiary/aromatic N) is 2. The molecular weight excluding hydrogens is 434 g/mol. The van der Waals surface area contributed by atoms with Gasteiger partial charge in [-0.05, 0) is 19.3 Å². The molecule has 7 nitrogen and oxygen atoms in total. The van der Waals surface area contributed by atoms with E-state index in [4.69, 9.17) is 0 Å². The van der Waals surface area contributed by atoms with E-state index in [1.165, 1.54) is 16.0 Å². The number of nitrogens with one attached hydrogen (secondary N) is 1. The fourth-order valence-electron chi connectivity index (χ4n) is 4.38. The van der Waals surface area contributed by atoms with Crippen LogP contribution in [0.5, 0.6) is 0 Å². The Labute approximate surface area is 180 Å².